The summed E-state index contributed by atoms with van der Waals surface area (Å²) >= 11 is 0. The number of nitrogen functional groups attached to an aromatic ring is 1. The average Bonchev–Trinajstić information content (AvgIpc) is 3.12. The third kappa shape index (κ3) is 3.53. The lowest BCUT2D eigenvalue weighted by Gasteiger charge is -2.14. The molecule has 2 amide bonds. The molecule has 1 heterocycles. The molecule has 0 saturated heterocycles. The van der Waals surface area contributed by atoms with E-state index in [1.807, 2.05) is 11.5 Å². The number of carbonyl (C=O) groups excluding carboxylic acids is 2. The van der Waals surface area contributed by atoms with Gasteiger partial charge in [-0.25, -0.2) is 0 Å². The number of hydrogen-bond acceptors (Lipinski definition) is 3. The van der Waals surface area contributed by atoms with E-state index in [-0.39, 0.29) is 11.8 Å². The molecule has 0 aromatic carbocycles. The van der Waals surface area contributed by atoms with Crippen LogP contribution >= 0.6 is 0 Å². The molecule has 1 aromatic heterocycles. The molecule has 1 unspecified atom stereocenters. The highest BCUT2D eigenvalue weighted by Gasteiger charge is 2.26. The van der Waals surface area contributed by atoms with Gasteiger partial charge in [-0.1, -0.05) is 6.92 Å². The molecule has 0 bridgehead atoms. The van der Waals surface area contributed by atoms with Crippen molar-refractivity contribution >= 4 is 17.5 Å². The number of nitrogens with two attached hydrogens (primary N) is 1. The molecule has 1 aliphatic carbocycles. The van der Waals surface area contributed by atoms with E-state index in [1.165, 1.54) is 0 Å². The molecule has 0 radical (unpaired) electrons. The van der Waals surface area contributed by atoms with E-state index in [9.17, 15) is 9.59 Å². The van der Waals surface area contributed by atoms with Crippen molar-refractivity contribution in [3.63, 3.8) is 0 Å². The van der Waals surface area contributed by atoms with Gasteiger partial charge in [0.05, 0.1) is 5.69 Å². The van der Waals surface area contributed by atoms with Gasteiger partial charge in [-0.15, -0.1) is 0 Å². The van der Waals surface area contributed by atoms with Gasteiger partial charge in [0, 0.05) is 18.8 Å². The first-order valence-corrected chi connectivity index (χ1v) is 7.08. The van der Waals surface area contributed by atoms with Crippen molar-refractivity contribution < 1.29 is 9.59 Å². The SMILES string of the molecule is CCCn1cc(N)cc1C(=O)NC(C)C(=O)NC1CC1. The first-order chi connectivity index (χ1) is 9.51. The third-order valence-electron chi connectivity index (χ3n) is 3.28. The van der Waals surface area contributed by atoms with Crippen LogP contribution in [0, 0.1) is 0 Å². The summed E-state index contributed by atoms with van der Waals surface area (Å²) in [4.78, 5) is 24.0. The summed E-state index contributed by atoms with van der Waals surface area (Å²) in [7, 11) is 0. The summed E-state index contributed by atoms with van der Waals surface area (Å²) in [5.74, 6) is -0.406. The van der Waals surface area contributed by atoms with Gasteiger partial charge >= 0.3 is 0 Å². The molecule has 1 atom stereocenters. The number of hydrogen-bond donors (Lipinski definition) is 3. The third-order valence-corrected chi connectivity index (χ3v) is 3.28. The standard InChI is InChI=1S/C14H22N4O2/c1-3-6-18-8-10(15)7-12(18)14(20)16-9(2)13(19)17-11-4-5-11/h7-9,11H,3-6,15H2,1-2H3,(H,16,20)(H,17,19). The first kappa shape index (κ1) is 14.4. The minimum Gasteiger partial charge on any atom is -0.397 e. The van der Waals surface area contributed by atoms with Gasteiger partial charge in [0.2, 0.25) is 5.91 Å². The molecule has 20 heavy (non-hydrogen) atoms. The van der Waals surface area contributed by atoms with Gasteiger partial charge in [-0.2, -0.15) is 0 Å². The number of anilines is 1. The molecular formula is C14H22N4O2. The summed E-state index contributed by atoms with van der Waals surface area (Å²) in [6, 6.07) is 1.38. The van der Waals surface area contributed by atoms with Crippen LogP contribution in [0.4, 0.5) is 5.69 Å². The zero-order chi connectivity index (χ0) is 14.7. The number of amides is 2. The molecule has 2 rings (SSSR count). The Labute approximate surface area is 118 Å². The van der Waals surface area contributed by atoms with Crippen molar-refractivity contribution in [2.75, 3.05) is 5.73 Å². The second kappa shape index (κ2) is 5.98. The Morgan fingerprint density at radius 2 is 2.20 bits per heavy atom. The molecule has 1 aliphatic rings. The number of aromatic nitrogens is 1. The van der Waals surface area contributed by atoms with Gasteiger partial charge in [0.25, 0.3) is 5.91 Å². The van der Waals surface area contributed by atoms with Crippen LogP contribution in [0.1, 0.15) is 43.6 Å². The summed E-state index contributed by atoms with van der Waals surface area (Å²) in [5.41, 5.74) is 6.78. The van der Waals surface area contributed by atoms with Crippen molar-refractivity contribution in [3.05, 3.63) is 18.0 Å². The second-order valence-electron chi connectivity index (χ2n) is 5.33. The summed E-state index contributed by atoms with van der Waals surface area (Å²) in [6.07, 6.45) is 4.71. The predicted molar refractivity (Wildman–Crippen MR) is 77.2 cm³/mol. The van der Waals surface area contributed by atoms with Crippen LogP contribution in [-0.4, -0.2) is 28.5 Å². The van der Waals surface area contributed by atoms with Crippen molar-refractivity contribution in [3.8, 4) is 0 Å². The smallest absolute Gasteiger partial charge is 0.268 e. The zero-order valence-electron chi connectivity index (χ0n) is 12.0. The maximum absolute atomic E-state index is 12.2. The minimum absolute atomic E-state index is 0.137. The lowest BCUT2D eigenvalue weighted by molar-refractivity contribution is -0.122. The predicted octanol–water partition coefficient (Wildman–Crippen LogP) is 0.877. The van der Waals surface area contributed by atoms with Gasteiger partial charge in [-0.3, -0.25) is 9.59 Å². The monoisotopic (exact) mass is 278 g/mol. The summed E-state index contributed by atoms with van der Waals surface area (Å²) in [5, 5.41) is 5.58. The number of aryl methyl sites for hydroxylation is 1. The maximum Gasteiger partial charge on any atom is 0.268 e. The van der Waals surface area contributed by atoms with Crippen LogP contribution in [0.25, 0.3) is 0 Å². The topological polar surface area (TPSA) is 89.2 Å². The van der Waals surface area contributed by atoms with Crippen molar-refractivity contribution in [1.29, 1.82) is 0 Å². The first-order valence-electron chi connectivity index (χ1n) is 7.08. The van der Waals surface area contributed by atoms with Gasteiger partial charge in [0.15, 0.2) is 0 Å². The van der Waals surface area contributed by atoms with E-state index < -0.39 is 6.04 Å². The molecule has 1 fully saturated rings. The molecule has 6 nitrogen and oxygen atoms in total. The van der Waals surface area contributed by atoms with E-state index in [2.05, 4.69) is 10.6 Å². The lowest BCUT2D eigenvalue weighted by Crippen LogP contribution is -2.45. The number of nitrogens with one attached hydrogen (secondary N) is 2. The van der Waals surface area contributed by atoms with Crippen LogP contribution in [0.15, 0.2) is 12.3 Å². The molecule has 110 valence electrons. The Kier molecular flexibility index (Phi) is 4.32. The summed E-state index contributed by atoms with van der Waals surface area (Å²) in [6.45, 7) is 4.44. The fraction of sp³-hybridized carbons (Fsp3) is 0.571. The normalized spacial score (nSPS) is 15.7. The lowest BCUT2D eigenvalue weighted by atomic mass is 10.2. The Balaban J connectivity index is 1.97. The molecule has 0 spiro atoms. The van der Waals surface area contributed by atoms with E-state index in [1.54, 1.807) is 19.2 Å². The van der Waals surface area contributed by atoms with Gasteiger partial charge in [0.1, 0.15) is 11.7 Å². The van der Waals surface area contributed by atoms with E-state index >= 15 is 0 Å². The van der Waals surface area contributed by atoms with E-state index in [0.717, 1.165) is 25.8 Å². The van der Waals surface area contributed by atoms with Crippen LogP contribution in [0.3, 0.4) is 0 Å². The maximum atomic E-state index is 12.2. The van der Waals surface area contributed by atoms with Crippen molar-refractivity contribution in [2.45, 2.75) is 51.7 Å². The van der Waals surface area contributed by atoms with Crippen LogP contribution in [-0.2, 0) is 11.3 Å². The Bertz CT molecular complexity index is 505. The van der Waals surface area contributed by atoms with Crippen LogP contribution in [0.2, 0.25) is 0 Å². The van der Waals surface area contributed by atoms with Gasteiger partial charge in [-0.05, 0) is 32.3 Å². The zero-order valence-corrected chi connectivity index (χ0v) is 12.0. The minimum atomic E-state index is -0.547. The molecule has 6 heteroatoms. The van der Waals surface area contributed by atoms with Crippen molar-refractivity contribution in [2.24, 2.45) is 0 Å². The fourth-order valence-corrected chi connectivity index (χ4v) is 2.04. The van der Waals surface area contributed by atoms with Crippen LogP contribution < -0.4 is 16.4 Å². The molecule has 0 aliphatic heterocycles. The Hall–Kier alpha value is -1.98. The van der Waals surface area contributed by atoms with E-state index in [4.69, 9.17) is 5.73 Å². The second-order valence-corrected chi connectivity index (χ2v) is 5.33. The molecule has 1 saturated carbocycles. The Morgan fingerprint density at radius 3 is 2.80 bits per heavy atom. The largest absolute Gasteiger partial charge is 0.397 e. The van der Waals surface area contributed by atoms with Crippen molar-refractivity contribution in [1.82, 2.24) is 15.2 Å². The average molecular weight is 278 g/mol. The highest BCUT2D eigenvalue weighted by atomic mass is 16.2. The van der Waals surface area contributed by atoms with Gasteiger partial charge < -0.3 is 20.9 Å². The number of rotatable bonds is 6. The highest BCUT2D eigenvalue weighted by molar-refractivity contribution is 5.97. The van der Waals surface area contributed by atoms with Crippen LogP contribution in [0.5, 0.6) is 0 Å². The highest BCUT2D eigenvalue weighted by Crippen LogP contribution is 2.18. The molecule has 4 N–H and O–H groups in total. The number of carbonyl (C=O) groups is 2. The number of nitrogens with zero attached hydrogens (tertiary/aromatic N) is 1. The molecule has 1 aromatic rings. The van der Waals surface area contributed by atoms with E-state index in [0.29, 0.717) is 17.4 Å². The fourth-order valence-electron chi connectivity index (χ4n) is 2.04. The quantitative estimate of drug-likeness (QED) is 0.721. The Morgan fingerprint density at radius 1 is 1.50 bits per heavy atom. The summed E-state index contributed by atoms with van der Waals surface area (Å²) < 4.78 is 1.82. The molecular weight excluding hydrogens is 256 g/mol.